The largest absolute Gasteiger partial charge is 0.465 e. The van der Waals surface area contributed by atoms with E-state index in [0.29, 0.717) is 58.5 Å². The molecule has 218 valence electrons. The van der Waals surface area contributed by atoms with Crippen molar-refractivity contribution in [2.24, 2.45) is 11.8 Å². The molecule has 4 saturated heterocycles. The number of hydrogen-bond donors (Lipinski definition) is 1. The first-order valence-electron chi connectivity index (χ1n) is 14.1. The highest BCUT2D eigenvalue weighted by atomic mass is 79.9. The quantitative estimate of drug-likeness (QED) is 0.136. The van der Waals surface area contributed by atoms with Gasteiger partial charge < -0.3 is 29.1 Å². The van der Waals surface area contributed by atoms with Crippen molar-refractivity contribution >= 4 is 33.7 Å². The van der Waals surface area contributed by atoms with Gasteiger partial charge in [0, 0.05) is 37.6 Å². The molecule has 0 saturated carbocycles. The van der Waals surface area contributed by atoms with E-state index in [1.807, 2.05) is 6.92 Å². The second-order valence-electron chi connectivity index (χ2n) is 10.8. The third-order valence-corrected chi connectivity index (χ3v) is 9.40. The fourth-order valence-electron chi connectivity index (χ4n) is 6.63. The van der Waals surface area contributed by atoms with Crippen LogP contribution in [0, 0.1) is 11.8 Å². The fraction of sp³-hybridized carbons (Fsp3) is 0.750. The Hall–Kier alpha value is -1.79. The van der Waals surface area contributed by atoms with Gasteiger partial charge in [0.25, 0.3) is 0 Å². The number of fused-ring (bicyclic) bond motifs is 1. The molecule has 4 aliphatic rings. The van der Waals surface area contributed by atoms with Crippen LogP contribution in [0.15, 0.2) is 25.3 Å². The summed E-state index contributed by atoms with van der Waals surface area (Å²) < 4.78 is 17.6. The van der Waals surface area contributed by atoms with Crippen molar-refractivity contribution < 1.29 is 33.7 Å². The molecule has 4 rings (SSSR count). The molecule has 11 heteroatoms. The van der Waals surface area contributed by atoms with Crippen LogP contribution in [0.5, 0.6) is 0 Å². The van der Waals surface area contributed by atoms with E-state index in [0.717, 1.165) is 13.1 Å². The van der Waals surface area contributed by atoms with Gasteiger partial charge in [0.1, 0.15) is 11.6 Å². The minimum atomic E-state index is -1.18. The van der Waals surface area contributed by atoms with Crippen molar-refractivity contribution in [3.63, 3.8) is 0 Å². The van der Waals surface area contributed by atoms with Gasteiger partial charge in [-0.15, -0.1) is 13.2 Å². The summed E-state index contributed by atoms with van der Waals surface area (Å²) in [5.41, 5.74) is -1.18. The van der Waals surface area contributed by atoms with Gasteiger partial charge in [-0.2, -0.15) is 0 Å². The van der Waals surface area contributed by atoms with Gasteiger partial charge in [-0.05, 0) is 25.7 Å². The highest BCUT2D eigenvalue weighted by molar-refractivity contribution is 9.09. The molecule has 0 aliphatic carbocycles. The van der Waals surface area contributed by atoms with Gasteiger partial charge in [-0.3, -0.25) is 19.3 Å². The monoisotopic (exact) mass is 611 g/mol. The van der Waals surface area contributed by atoms with E-state index in [1.165, 1.54) is 4.90 Å². The zero-order valence-corrected chi connectivity index (χ0v) is 24.4. The Morgan fingerprint density at radius 3 is 2.69 bits per heavy atom. The van der Waals surface area contributed by atoms with Crippen LogP contribution in [0.4, 0.5) is 0 Å². The topological polar surface area (TPSA) is 109 Å². The molecule has 4 fully saturated rings. The number of nitrogens with zero attached hydrogens (tertiary/aromatic N) is 3. The Morgan fingerprint density at radius 1 is 1.31 bits per heavy atom. The number of amides is 2. The third kappa shape index (κ3) is 5.70. The lowest BCUT2D eigenvalue weighted by atomic mass is 9.70. The number of aliphatic hydroxyl groups is 1. The molecule has 2 amide bonds. The van der Waals surface area contributed by atoms with Gasteiger partial charge in [0.2, 0.25) is 11.8 Å². The lowest BCUT2D eigenvalue weighted by molar-refractivity contribution is -0.156. The van der Waals surface area contributed by atoms with E-state index in [-0.39, 0.29) is 29.9 Å². The average molecular weight is 613 g/mol. The van der Waals surface area contributed by atoms with Crippen molar-refractivity contribution in [3.8, 4) is 0 Å². The molecule has 0 aromatic heterocycles. The number of carbonyl (C=O) groups is 3. The molecule has 10 nitrogen and oxygen atoms in total. The number of allylic oxidation sites excluding steroid dienone is 1. The second kappa shape index (κ2) is 13.2. The molecule has 1 spiro atoms. The van der Waals surface area contributed by atoms with E-state index in [9.17, 15) is 19.5 Å². The summed E-state index contributed by atoms with van der Waals surface area (Å²) in [5, 5.41) is 10.2. The van der Waals surface area contributed by atoms with Crippen LogP contribution >= 0.6 is 15.9 Å². The summed E-state index contributed by atoms with van der Waals surface area (Å²) in [6.07, 6.45) is 5.11. The van der Waals surface area contributed by atoms with Crippen LogP contribution in [0.25, 0.3) is 0 Å². The number of rotatable bonds is 14. The number of unbranched alkanes of at least 4 members (excludes halogenated alkanes) is 1. The maximum atomic E-state index is 14.4. The van der Waals surface area contributed by atoms with Crippen LogP contribution < -0.4 is 0 Å². The highest BCUT2D eigenvalue weighted by Crippen LogP contribution is 2.60. The summed E-state index contributed by atoms with van der Waals surface area (Å²) in [6.45, 7) is 13.7. The second-order valence-corrected chi connectivity index (χ2v) is 12.0. The summed E-state index contributed by atoms with van der Waals surface area (Å²) >= 11 is 3.68. The van der Waals surface area contributed by atoms with Crippen LogP contribution in [-0.4, -0.2) is 125 Å². The first-order valence-corrected chi connectivity index (χ1v) is 15.0. The zero-order valence-electron chi connectivity index (χ0n) is 22.8. The van der Waals surface area contributed by atoms with Crippen molar-refractivity contribution in [2.45, 2.75) is 61.2 Å². The molecule has 3 unspecified atom stereocenters. The SMILES string of the molecule is C=CCCCOC(=O)[C@H]1[C@H]2C(=O)N([C@@H](CC)CO)C(C(=O)N(CC=C)CCN3CCOCC3)C23CC(Br)[C@@H]1O3. The van der Waals surface area contributed by atoms with Gasteiger partial charge in [-0.25, -0.2) is 0 Å². The number of hydrogen-bond acceptors (Lipinski definition) is 8. The van der Waals surface area contributed by atoms with E-state index < -0.39 is 41.6 Å². The number of esters is 1. The number of halogens is 1. The molecule has 0 aromatic carbocycles. The van der Waals surface area contributed by atoms with Gasteiger partial charge >= 0.3 is 5.97 Å². The molecule has 0 aromatic rings. The summed E-state index contributed by atoms with van der Waals surface area (Å²) in [7, 11) is 0. The number of ether oxygens (including phenoxy) is 3. The molecule has 7 atom stereocenters. The van der Waals surface area contributed by atoms with Crippen LogP contribution in [-0.2, 0) is 28.6 Å². The number of carbonyl (C=O) groups excluding carboxylic acids is 3. The molecular weight excluding hydrogens is 570 g/mol. The minimum Gasteiger partial charge on any atom is -0.465 e. The number of aliphatic hydroxyl groups excluding tert-OH is 1. The van der Waals surface area contributed by atoms with Gasteiger partial charge in [0.15, 0.2) is 0 Å². The Kier molecular flexibility index (Phi) is 10.3. The van der Waals surface area contributed by atoms with E-state index in [2.05, 4.69) is 34.0 Å². The Morgan fingerprint density at radius 2 is 2.05 bits per heavy atom. The minimum absolute atomic E-state index is 0.210. The number of likely N-dealkylation sites (tertiary alicyclic amines) is 1. The lowest BCUT2D eigenvalue weighted by Crippen LogP contribution is -2.59. The maximum Gasteiger partial charge on any atom is 0.312 e. The first kappa shape index (κ1) is 30.2. The average Bonchev–Trinajstić information content (AvgIpc) is 3.53. The summed E-state index contributed by atoms with van der Waals surface area (Å²) in [6, 6.07) is -1.53. The Balaban J connectivity index is 1.64. The zero-order chi connectivity index (χ0) is 28.2. The molecular formula is C28H42BrN3O7. The van der Waals surface area contributed by atoms with Crippen molar-refractivity contribution in [3.05, 3.63) is 25.3 Å². The molecule has 4 aliphatic heterocycles. The molecule has 0 radical (unpaired) electrons. The normalized spacial score (nSPS) is 32.6. The lowest BCUT2D eigenvalue weighted by Gasteiger charge is -2.39. The van der Waals surface area contributed by atoms with E-state index >= 15 is 0 Å². The van der Waals surface area contributed by atoms with Crippen molar-refractivity contribution in [2.75, 3.05) is 59.2 Å². The summed E-state index contributed by atoms with van der Waals surface area (Å²) in [4.78, 5) is 47.1. The molecule has 4 heterocycles. The van der Waals surface area contributed by atoms with Crippen LogP contribution in [0.2, 0.25) is 0 Å². The summed E-state index contributed by atoms with van der Waals surface area (Å²) in [5.74, 6) is -2.71. The highest BCUT2D eigenvalue weighted by Gasteiger charge is 2.77. The fourth-order valence-corrected chi connectivity index (χ4v) is 7.57. The van der Waals surface area contributed by atoms with E-state index in [1.54, 1.807) is 17.1 Å². The Bertz CT molecular complexity index is 925. The molecule has 1 N–H and O–H groups in total. The van der Waals surface area contributed by atoms with E-state index in [4.69, 9.17) is 14.2 Å². The maximum absolute atomic E-state index is 14.4. The van der Waals surface area contributed by atoms with Gasteiger partial charge in [-0.1, -0.05) is 35.0 Å². The Labute approximate surface area is 239 Å². The van der Waals surface area contributed by atoms with Gasteiger partial charge in [0.05, 0.1) is 50.4 Å². The van der Waals surface area contributed by atoms with Crippen LogP contribution in [0.1, 0.15) is 32.6 Å². The van der Waals surface area contributed by atoms with Crippen molar-refractivity contribution in [1.82, 2.24) is 14.7 Å². The first-order chi connectivity index (χ1) is 18.8. The van der Waals surface area contributed by atoms with Crippen LogP contribution in [0.3, 0.4) is 0 Å². The predicted molar refractivity (Wildman–Crippen MR) is 148 cm³/mol. The number of morpholine rings is 1. The molecule has 2 bridgehead atoms. The third-order valence-electron chi connectivity index (χ3n) is 8.56. The number of alkyl halides is 1. The predicted octanol–water partition coefficient (Wildman–Crippen LogP) is 1.36. The van der Waals surface area contributed by atoms with Crippen molar-refractivity contribution in [1.29, 1.82) is 0 Å². The smallest absolute Gasteiger partial charge is 0.312 e. The molecule has 39 heavy (non-hydrogen) atoms. The standard InChI is InChI=1S/C28H42BrN3O7/c1-4-7-8-14-38-27(36)21-22-25(34)32(19(6-3)18-33)24(28(22)17-20(29)23(21)39-28)26(35)31(9-5-2)11-10-30-12-15-37-16-13-30/h4-5,19-24,33H,1-2,6-18H2,3H3/t19-,20?,21-,22-,23-,24?,28?/m0/s1.